The number of amides is 3. The molecule has 3 amide bonds. The van der Waals surface area contributed by atoms with E-state index in [1.165, 1.54) is 0 Å². The number of ether oxygens (including phenoxy) is 1. The molecule has 9 heteroatoms. The fourth-order valence-corrected chi connectivity index (χ4v) is 4.43. The summed E-state index contributed by atoms with van der Waals surface area (Å²) in [4.78, 5) is 33.4. The van der Waals surface area contributed by atoms with Crippen molar-refractivity contribution in [3.8, 4) is 11.5 Å². The molecule has 1 aliphatic rings. The van der Waals surface area contributed by atoms with Crippen LogP contribution in [0.5, 0.6) is 11.5 Å². The Morgan fingerprint density at radius 3 is 2.20 bits per heavy atom. The highest BCUT2D eigenvalue weighted by atomic mass is 35.5. The van der Waals surface area contributed by atoms with Crippen LogP contribution in [0.15, 0.2) is 108 Å². The molecule has 0 saturated carbocycles. The lowest BCUT2D eigenvalue weighted by Gasteiger charge is -2.22. The van der Waals surface area contributed by atoms with Crippen LogP contribution < -0.4 is 20.7 Å². The second kappa shape index (κ2) is 12.4. The van der Waals surface area contributed by atoms with Crippen LogP contribution in [0.2, 0.25) is 5.02 Å². The third-order valence-corrected chi connectivity index (χ3v) is 6.56. The van der Waals surface area contributed by atoms with Crippen molar-refractivity contribution in [3.05, 3.63) is 119 Å². The largest absolute Gasteiger partial charge is 0.457 e. The van der Waals surface area contributed by atoms with Gasteiger partial charge in [-0.05, 0) is 66.7 Å². The maximum atomic E-state index is 13.7. The maximum absolute atomic E-state index is 13.7. The molecular formula is C31H28ClN5O3. The molecule has 1 heterocycles. The van der Waals surface area contributed by atoms with Crippen molar-refractivity contribution >= 4 is 40.7 Å². The highest BCUT2D eigenvalue weighted by Gasteiger charge is 2.27. The normalized spacial score (nSPS) is 13.2. The van der Waals surface area contributed by atoms with Crippen molar-refractivity contribution in [2.24, 2.45) is 4.99 Å². The second-order valence-electron chi connectivity index (χ2n) is 9.18. The third kappa shape index (κ3) is 6.59. The Labute approximate surface area is 237 Å². The van der Waals surface area contributed by atoms with Crippen LogP contribution in [-0.4, -0.2) is 42.8 Å². The van der Waals surface area contributed by atoms with Crippen molar-refractivity contribution in [2.45, 2.75) is 6.04 Å². The molecule has 202 valence electrons. The van der Waals surface area contributed by atoms with E-state index in [1.807, 2.05) is 67.7 Å². The first-order valence-corrected chi connectivity index (χ1v) is 13.2. The Morgan fingerprint density at radius 1 is 0.850 bits per heavy atom. The molecule has 8 nitrogen and oxygen atoms in total. The SMILES string of the molecule is CN1CCN=C1c1ccc(NC(=O)C(NC(=O)Nc2ccc(Cl)cc2)c2ccccc2Oc2ccccc2)cc1. The summed E-state index contributed by atoms with van der Waals surface area (Å²) in [6, 6.07) is 28.9. The highest BCUT2D eigenvalue weighted by Crippen LogP contribution is 2.31. The monoisotopic (exact) mass is 553 g/mol. The lowest BCUT2D eigenvalue weighted by Crippen LogP contribution is -2.39. The standard InChI is InChI=1S/C31H28ClN5O3/c1-37-20-19-33-29(37)21-11-15-23(16-12-21)34-30(38)28(36-31(39)35-24-17-13-22(32)14-18-24)26-9-5-6-10-27(26)40-25-7-3-2-4-8-25/h2-18,28H,19-20H2,1H3,(H,34,38)(H2,35,36,39). The number of amidine groups is 1. The molecule has 0 aliphatic carbocycles. The topological polar surface area (TPSA) is 95.1 Å². The van der Waals surface area contributed by atoms with Gasteiger partial charge in [-0.25, -0.2) is 4.79 Å². The number of urea groups is 1. The minimum absolute atomic E-state index is 0.432. The maximum Gasteiger partial charge on any atom is 0.320 e. The second-order valence-corrected chi connectivity index (χ2v) is 9.62. The molecule has 0 saturated heterocycles. The number of anilines is 2. The Morgan fingerprint density at radius 2 is 1.50 bits per heavy atom. The van der Waals surface area contributed by atoms with E-state index in [0.717, 1.165) is 24.5 Å². The van der Waals surface area contributed by atoms with Gasteiger partial charge in [-0.3, -0.25) is 9.79 Å². The Balaban J connectivity index is 1.39. The van der Waals surface area contributed by atoms with E-state index in [-0.39, 0.29) is 0 Å². The van der Waals surface area contributed by atoms with Gasteiger partial charge in [0.1, 0.15) is 23.4 Å². The third-order valence-electron chi connectivity index (χ3n) is 6.31. The lowest BCUT2D eigenvalue weighted by atomic mass is 10.0. The first-order chi connectivity index (χ1) is 19.5. The van der Waals surface area contributed by atoms with E-state index in [1.54, 1.807) is 42.5 Å². The Bertz CT molecular complexity index is 1510. The van der Waals surface area contributed by atoms with Crippen LogP contribution in [0.1, 0.15) is 17.2 Å². The molecule has 3 N–H and O–H groups in total. The fraction of sp³-hybridized carbons (Fsp3) is 0.129. The molecular weight excluding hydrogens is 526 g/mol. The van der Waals surface area contributed by atoms with Crippen molar-refractivity contribution in [1.82, 2.24) is 10.2 Å². The number of rotatable bonds is 8. The van der Waals surface area contributed by atoms with Gasteiger partial charge < -0.3 is 25.6 Å². The number of halogens is 1. The Hall–Kier alpha value is -4.82. The van der Waals surface area contributed by atoms with Gasteiger partial charge in [-0.15, -0.1) is 0 Å². The van der Waals surface area contributed by atoms with E-state index in [9.17, 15) is 9.59 Å². The van der Waals surface area contributed by atoms with Gasteiger partial charge in [0.2, 0.25) is 0 Å². The van der Waals surface area contributed by atoms with Crippen LogP contribution in [-0.2, 0) is 4.79 Å². The molecule has 1 aliphatic heterocycles. The highest BCUT2D eigenvalue weighted by molar-refractivity contribution is 6.30. The average Bonchev–Trinajstić information content (AvgIpc) is 3.40. The molecule has 5 rings (SSSR count). The fourth-order valence-electron chi connectivity index (χ4n) is 4.30. The first-order valence-electron chi connectivity index (χ1n) is 12.8. The smallest absolute Gasteiger partial charge is 0.320 e. The zero-order valence-electron chi connectivity index (χ0n) is 21.8. The van der Waals surface area contributed by atoms with E-state index in [4.69, 9.17) is 16.3 Å². The summed E-state index contributed by atoms with van der Waals surface area (Å²) >= 11 is 5.96. The summed E-state index contributed by atoms with van der Waals surface area (Å²) in [7, 11) is 2.00. The number of benzene rings is 4. The number of nitrogens with one attached hydrogen (secondary N) is 3. The quantitative estimate of drug-likeness (QED) is 0.238. The number of likely N-dealkylation sites (N-methyl/N-ethyl adjacent to an activating group) is 1. The Kier molecular flexibility index (Phi) is 8.27. The molecule has 1 atom stereocenters. The summed E-state index contributed by atoms with van der Waals surface area (Å²) in [5.41, 5.74) is 2.58. The molecule has 4 aromatic carbocycles. The van der Waals surface area contributed by atoms with Gasteiger partial charge in [-0.2, -0.15) is 0 Å². The summed E-state index contributed by atoms with van der Waals surface area (Å²) in [5, 5.41) is 9.03. The van der Waals surface area contributed by atoms with Crippen molar-refractivity contribution in [1.29, 1.82) is 0 Å². The van der Waals surface area contributed by atoms with Crippen LogP contribution in [0.4, 0.5) is 16.2 Å². The van der Waals surface area contributed by atoms with Crippen molar-refractivity contribution < 1.29 is 14.3 Å². The molecule has 0 aromatic heterocycles. The number of nitrogens with zero attached hydrogens (tertiary/aromatic N) is 2. The van der Waals surface area contributed by atoms with Gasteiger partial charge in [0.15, 0.2) is 0 Å². The number of para-hydroxylation sites is 2. The number of hydrogen-bond donors (Lipinski definition) is 3. The van der Waals surface area contributed by atoms with Gasteiger partial charge in [0, 0.05) is 41.1 Å². The molecule has 1 unspecified atom stereocenters. The number of hydrogen-bond acceptors (Lipinski definition) is 5. The molecule has 0 spiro atoms. The van der Waals surface area contributed by atoms with E-state index >= 15 is 0 Å². The number of carbonyl (C=O) groups excluding carboxylic acids is 2. The number of aliphatic imine (C=N–C) groups is 1. The molecule has 40 heavy (non-hydrogen) atoms. The summed E-state index contributed by atoms with van der Waals surface area (Å²) in [6.45, 7) is 1.64. The van der Waals surface area contributed by atoms with E-state index in [2.05, 4.69) is 25.8 Å². The first kappa shape index (κ1) is 26.8. The zero-order valence-corrected chi connectivity index (χ0v) is 22.6. The van der Waals surface area contributed by atoms with Crippen LogP contribution in [0.3, 0.4) is 0 Å². The van der Waals surface area contributed by atoms with Gasteiger partial charge in [0.25, 0.3) is 5.91 Å². The minimum atomic E-state index is -1.07. The minimum Gasteiger partial charge on any atom is -0.457 e. The molecule has 0 bridgehead atoms. The van der Waals surface area contributed by atoms with Crippen molar-refractivity contribution in [3.63, 3.8) is 0 Å². The zero-order chi connectivity index (χ0) is 27.9. The van der Waals surface area contributed by atoms with Crippen LogP contribution >= 0.6 is 11.6 Å². The summed E-state index contributed by atoms with van der Waals surface area (Å²) in [6.07, 6.45) is 0. The average molecular weight is 554 g/mol. The van der Waals surface area contributed by atoms with E-state index in [0.29, 0.717) is 33.5 Å². The van der Waals surface area contributed by atoms with Gasteiger partial charge in [-0.1, -0.05) is 48.0 Å². The van der Waals surface area contributed by atoms with Crippen LogP contribution in [0.25, 0.3) is 0 Å². The molecule has 4 aromatic rings. The van der Waals surface area contributed by atoms with E-state index < -0.39 is 18.0 Å². The number of carbonyl (C=O) groups is 2. The summed E-state index contributed by atoms with van der Waals surface area (Å²) < 4.78 is 6.10. The molecule has 0 fully saturated rings. The predicted octanol–water partition coefficient (Wildman–Crippen LogP) is 6.33. The van der Waals surface area contributed by atoms with Gasteiger partial charge >= 0.3 is 6.03 Å². The van der Waals surface area contributed by atoms with Crippen molar-refractivity contribution in [2.75, 3.05) is 30.8 Å². The van der Waals surface area contributed by atoms with Gasteiger partial charge in [0.05, 0.1) is 6.54 Å². The predicted molar refractivity (Wildman–Crippen MR) is 158 cm³/mol. The lowest BCUT2D eigenvalue weighted by molar-refractivity contribution is -0.118. The van der Waals surface area contributed by atoms with Crippen LogP contribution in [0, 0.1) is 0 Å². The molecule has 0 radical (unpaired) electrons. The summed E-state index contributed by atoms with van der Waals surface area (Å²) in [5.74, 6) is 1.54.